The SMILES string of the molecule is O=[N+]([O-])c1ccc(C(F)(F)F)c(-n2ncc(C(F)(F)F)n2)c1. The molecule has 1 heterocycles. The Morgan fingerprint density at radius 3 is 2.18 bits per heavy atom. The lowest BCUT2D eigenvalue weighted by molar-refractivity contribution is -0.384. The zero-order valence-electron chi connectivity index (χ0n) is 10.2. The van der Waals surface area contributed by atoms with E-state index >= 15 is 0 Å². The molecule has 12 heteroatoms. The summed E-state index contributed by atoms with van der Waals surface area (Å²) >= 11 is 0. The van der Waals surface area contributed by atoms with Gasteiger partial charge in [0.1, 0.15) is 5.69 Å². The highest BCUT2D eigenvalue weighted by atomic mass is 19.4. The van der Waals surface area contributed by atoms with Gasteiger partial charge in [-0.3, -0.25) is 10.1 Å². The number of alkyl halides is 6. The van der Waals surface area contributed by atoms with Gasteiger partial charge in [0.05, 0.1) is 16.7 Å². The summed E-state index contributed by atoms with van der Waals surface area (Å²) in [4.78, 5) is 9.67. The van der Waals surface area contributed by atoms with E-state index in [1.54, 1.807) is 0 Å². The fourth-order valence-corrected chi connectivity index (χ4v) is 1.55. The van der Waals surface area contributed by atoms with Crippen LogP contribution >= 0.6 is 0 Å². The van der Waals surface area contributed by atoms with Crippen molar-refractivity contribution in [3.05, 3.63) is 45.8 Å². The predicted octanol–water partition coefficient (Wildman–Crippen LogP) is 3.21. The van der Waals surface area contributed by atoms with Crippen LogP contribution in [0.25, 0.3) is 5.69 Å². The Hall–Kier alpha value is -2.66. The lowest BCUT2D eigenvalue weighted by atomic mass is 10.1. The third-order valence-corrected chi connectivity index (χ3v) is 2.50. The summed E-state index contributed by atoms with van der Waals surface area (Å²) in [5.74, 6) is 0. The smallest absolute Gasteiger partial charge is 0.258 e. The molecule has 22 heavy (non-hydrogen) atoms. The zero-order valence-corrected chi connectivity index (χ0v) is 10.2. The summed E-state index contributed by atoms with van der Waals surface area (Å²) in [5, 5.41) is 16.6. The van der Waals surface area contributed by atoms with Crippen molar-refractivity contribution in [2.24, 2.45) is 0 Å². The molecule has 0 atom stereocenters. The summed E-state index contributed by atoms with van der Waals surface area (Å²) in [5.41, 5.74) is -4.64. The van der Waals surface area contributed by atoms with E-state index in [0.29, 0.717) is 18.2 Å². The molecule has 2 rings (SSSR count). The van der Waals surface area contributed by atoms with Gasteiger partial charge in [-0.2, -0.15) is 36.2 Å². The largest absolute Gasteiger partial charge is 0.436 e. The molecule has 0 aliphatic carbocycles. The van der Waals surface area contributed by atoms with E-state index < -0.39 is 39.9 Å². The van der Waals surface area contributed by atoms with Crippen molar-refractivity contribution in [3.63, 3.8) is 0 Å². The molecule has 0 unspecified atom stereocenters. The van der Waals surface area contributed by atoms with Crippen LogP contribution in [0.15, 0.2) is 24.4 Å². The van der Waals surface area contributed by atoms with Crippen molar-refractivity contribution in [2.75, 3.05) is 0 Å². The first-order chi connectivity index (χ1) is 10.00. The average molecular weight is 326 g/mol. The molecule has 0 N–H and O–H groups in total. The van der Waals surface area contributed by atoms with E-state index in [1.165, 1.54) is 0 Å². The first-order valence-corrected chi connectivity index (χ1v) is 5.35. The van der Waals surface area contributed by atoms with Crippen LogP contribution in [0.3, 0.4) is 0 Å². The van der Waals surface area contributed by atoms with Gasteiger partial charge in [0, 0.05) is 12.1 Å². The van der Waals surface area contributed by atoms with E-state index in [9.17, 15) is 36.5 Å². The fraction of sp³-hybridized carbons (Fsp3) is 0.200. The second-order valence-corrected chi connectivity index (χ2v) is 3.97. The molecule has 0 bridgehead atoms. The number of non-ortho nitro benzene ring substituents is 1. The number of nitrogens with zero attached hydrogens (tertiary/aromatic N) is 4. The number of nitro groups is 1. The molecule has 2 aromatic rings. The van der Waals surface area contributed by atoms with Gasteiger partial charge in [-0.1, -0.05) is 0 Å². The minimum atomic E-state index is -4.95. The van der Waals surface area contributed by atoms with Crippen LogP contribution in [-0.4, -0.2) is 19.9 Å². The Kier molecular flexibility index (Phi) is 3.55. The van der Waals surface area contributed by atoms with Crippen LogP contribution < -0.4 is 0 Å². The number of aromatic nitrogens is 3. The first kappa shape index (κ1) is 15.7. The third kappa shape index (κ3) is 2.99. The zero-order chi connectivity index (χ0) is 16.7. The van der Waals surface area contributed by atoms with Crippen LogP contribution in [0.5, 0.6) is 0 Å². The van der Waals surface area contributed by atoms with E-state index in [-0.39, 0.29) is 11.0 Å². The van der Waals surface area contributed by atoms with Crippen molar-refractivity contribution in [2.45, 2.75) is 12.4 Å². The van der Waals surface area contributed by atoms with Gasteiger partial charge in [-0.25, -0.2) is 0 Å². The van der Waals surface area contributed by atoms with E-state index in [1.807, 2.05) is 0 Å². The van der Waals surface area contributed by atoms with Crippen LogP contribution in [0, 0.1) is 10.1 Å². The molecule has 1 aromatic heterocycles. The highest BCUT2D eigenvalue weighted by Gasteiger charge is 2.38. The van der Waals surface area contributed by atoms with E-state index in [2.05, 4.69) is 10.2 Å². The fourth-order valence-electron chi connectivity index (χ4n) is 1.55. The van der Waals surface area contributed by atoms with Crippen LogP contribution in [0.2, 0.25) is 0 Å². The Bertz CT molecular complexity index is 721. The van der Waals surface area contributed by atoms with Gasteiger partial charge in [0.2, 0.25) is 0 Å². The number of hydrogen-bond acceptors (Lipinski definition) is 4. The molecule has 0 saturated carbocycles. The summed E-state index contributed by atoms with van der Waals surface area (Å²) < 4.78 is 75.8. The lowest BCUT2D eigenvalue weighted by Crippen LogP contribution is -2.14. The summed E-state index contributed by atoms with van der Waals surface area (Å²) in [7, 11) is 0. The second-order valence-electron chi connectivity index (χ2n) is 3.97. The molecule has 0 radical (unpaired) electrons. The van der Waals surface area contributed by atoms with Crippen LogP contribution in [-0.2, 0) is 12.4 Å². The van der Waals surface area contributed by atoms with Gasteiger partial charge in [-0.15, -0.1) is 5.10 Å². The van der Waals surface area contributed by atoms with Crippen molar-refractivity contribution in [1.29, 1.82) is 0 Å². The lowest BCUT2D eigenvalue weighted by Gasteiger charge is -2.11. The maximum absolute atomic E-state index is 12.8. The second kappa shape index (κ2) is 4.96. The number of benzene rings is 1. The van der Waals surface area contributed by atoms with Gasteiger partial charge in [-0.05, 0) is 6.07 Å². The van der Waals surface area contributed by atoms with Gasteiger partial charge >= 0.3 is 12.4 Å². The molecule has 0 saturated heterocycles. The maximum atomic E-state index is 12.8. The third-order valence-electron chi connectivity index (χ3n) is 2.50. The molecular formula is C10H4F6N4O2. The molecule has 0 amide bonds. The molecule has 0 aliphatic heterocycles. The molecule has 6 nitrogen and oxygen atoms in total. The van der Waals surface area contributed by atoms with Crippen LogP contribution in [0.4, 0.5) is 32.0 Å². The maximum Gasteiger partial charge on any atom is 0.436 e. The highest BCUT2D eigenvalue weighted by molar-refractivity contribution is 5.49. The number of rotatable bonds is 2. The van der Waals surface area contributed by atoms with Gasteiger partial charge in [0.15, 0.2) is 5.69 Å². The number of hydrogen-bond donors (Lipinski definition) is 0. The minimum Gasteiger partial charge on any atom is -0.258 e. The Morgan fingerprint density at radius 1 is 1.09 bits per heavy atom. The van der Waals surface area contributed by atoms with Crippen molar-refractivity contribution in [3.8, 4) is 5.69 Å². The summed E-state index contributed by atoms with van der Waals surface area (Å²) in [6.07, 6.45) is -9.63. The minimum absolute atomic E-state index is 0.0542. The first-order valence-electron chi connectivity index (χ1n) is 5.35. The van der Waals surface area contributed by atoms with E-state index in [4.69, 9.17) is 0 Å². The van der Waals surface area contributed by atoms with Crippen molar-refractivity contribution < 1.29 is 31.3 Å². The quantitative estimate of drug-likeness (QED) is 0.482. The molecule has 0 fully saturated rings. The monoisotopic (exact) mass is 326 g/mol. The highest BCUT2D eigenvalue weighted by Crippen LogP contribution is 2.36. The Labute approximate surface area is 117 Å². The normalized spacial score (nSPS) is 12.5. The van der Waals surface area contributed by atoms with Crippen LogP contribution in [0.1, 0.15) is 11.3 Å². The average Bonchev–Trinajstić information content (AvgIpc) is 2.86. The standard InChI is InChI=1S/C10H4F6N4O2/c11-9(12,13)6-2-1-5(20(21)22)3-7(6)19-17-4-8(18-19)10(14,15)16/h1-4H. The summed E-state index contributed by atoms with van der Waals surface area (Å²) in [6, 6.07) is 1.41. The molecule has 1 aromatic carbocycles. The van der Waals surface area contributed by atoms with E-state index in [0.717, 1.165) is 0 Å². The Morgan fingerprint density at radius 2 is 1.73 bits per heavy atom. The number of halogens is 6. The van der Waals surface area contributed by atoms with Gasteiger partial charge < -0.3 is 0 Å². The van der Waals surface area contributed by atoms with Gasteiger partial charge in [0.25, 0.3) is 5.69 Å². The van der Waals surface area contributed by atoms with Crippen molar-refractivity contribution in [1.82, 2.24) is 15.0 Å². The summed E-state index contributed by atoms with van der Waals surface area (Å²) in [6.45, 7) is 0. The molecule has 0 aliphatic rings. The Balaban J connectivity index is 2.63. The molecule has 0 spiro atoms. The van der Waals surface area contributed by atoms with Crippen molar-refractivity contribution >= 4 is 5.69 Å². The topological polar surface area (TPSA) is 73.8 Å². The molecular weight excluding hydrogens is 322 g/mol. The number of nitro benzene ring substituents is 1. The predicted molar refractivity (Wildman–Crippen MR) is 58.0 cm³/mol. The molecule has 118 valence electrons.